The maximum absolute atomic E-state index is 5.64. The lowest BCUT2D eigenvalue weighted by atomic mass is 9.96. The van der Waals surface area contributed by atoms with E-state index in [1.807, 2.05) is 0 Å². The summed E-state index contributed by atoms with van der Waals surface area (Å²) in [7, 11) is 0. The van der Waals surface area contributed by atoms with Gasteiger partial charge in [0.05, 0.1) is 6.04 Å². The van der Waals surface area contributed by atoms with Crippen molar-refractivity contribution in [3.8, 4) is 0 Å². The number of aliphatic imine (C=N–C) groups is 1. The predicted molar refractivity (Wildman–Crippen MR) is 71.5 cm³/mol. The van der Waals surface area contributed by atoms with E-state index in [0.717, 1.165) is 30.9 Å². The van der Waals surface area contributed by atoms with Crippen molar-refractivity contribution in [1.29, 1.82) is 0 Å². The topological polar surface area (TPSA) is 53.6 Å². The van der Waals surface area contributed by atoms with Crippen LogP contribution in [0.15, 0.2) is 4.99 Å². The first-order valence-electron chi connectivity index (χ1n) is 7.00. The smallest absolute Gasteiger partial charge is 0.208 e. The molecule has 1 aliphatic carbocycles. The van der Waals surface area contributed by atoms with Crippen LogP contribution in [0.3, 0.4) is 0 Å². The first kappa shape index (κ1) is 12.7. The lowest BCUT2D eigenvalue weighted by Gasteiger charge is -2.24. The Morgan fingerprint density at radius 2 is 1.71 bits per heavy atom. The van der Waals surface area contributed by atoms with Gasteiger partial charge in [0.1, 0.15) is 0 Å². The van der Waals surface area contributed by atoms with E-state index in [4.69, 9.17) is 10.8 Å². The van der Waals surface area contributed by atoms with Gasteiger partial charge in [0, 0.05) is 13.1 Å². The summed E-state index contributed by atoms with van der Waals surface area (Å²) in [5.41, 5.74) is 2.81. The van der Waals surface area contributed by atoms with E-state index in [0.29, 0.717) is 6.04 Å². The number of hydrogen-bond donors (Lipinski definition) is 2. The van der Waals surface area contributed by atoms with Crippen LogP contribution < -0.4 is 11.3 Å². The van der Waals surface area contributed by atoms with Crippen LogP contribution in [0.4, 0.5) is 0 Å². The normalized spacial score (nSPS) is 31.9. The summed E-state index contributed by atoms with van der Waals surface area (Å²) in [5, 5.41) is 0. The van der Waals surface area contributed by atoms with Gasteiger partial charge in [0.15, 0.2) is 0 Å². The molecule has 3 N–H and O–H groups in total. The molecule has 0 bridgehead atoms. The number of rotatable bonds is 1. The van der Waals surface area contributed by atoms with Gasteiger partial charge in [-0.1, -0.05) is 33.1 Å². The Hall–Kier alpha value is -0.770. The number of nitrogens with two attached hydrogens (primary N) is 1. The fraction of sp³-hybridized carbons (Fsp3) is 0.923. The number of likely N-dealkylation sites (tertiary alicyclic amines) is 1. The molecule has 4 heteroatoms. The fourth-order valence-electron chi connectivity index (χ4n) is 2.90. The van der Waals surface area contributed by atoms with Gasteiger partial charge < -0.3 is 4.90 Å². The molecule has 0 aromatic heterocycles. The van der Waals surface area contributed by atoms with Crippen LogP contribution >= 0.6 is 0 Å². The molecular weight excluding hydrogens is 212 g/mol. The van der Waals surface area contributed by atoms with Crippen molar-refractivity contribution in [2.75, 3.05) is 13.1 Å². The van der Waals surface area contributed by atoms with Gasteiger partial charge in [-0.3, -0.25) is 5.43 Å². The van der Waals surface area contributed by atoms with E-state index in [2.05, 4.69) is 24.2 Å². The van der Waals surface area contributed by atoms with Crippen LogP contribution in [-0.2, 0) is 0 Å². The van der Waals surface area contributed by atoms with Crippen LogP contribution in [0.5, 0.6) is 0 Å². The van der Waals surface area contributed by atoms with Crippen molar-refractivity contribution in [3.63, 3.8) is 0 Å². The molecule has 2 unspecified atom stereocenters. The zero-order chi connectivity index (χ0) is 12.3. The lowest BCUT2D eigenvalue weighted by Crippen LogP contribution is -2.44. The molecule has 1 saturated carbocycles. The molecule has 0 aromatic rings. The first-order chi connectivity index (χ1) is 8.20. The molecule has 2 aliphatic rings. The van der Waals surface area contributed by atoms with Crippen molar-refractivity contribution in [2.45, 2.75) is 52.0 Å². The minimum absolute atomic E-state index is 0.487. The minimum Gasteiger partial charge on any atom is -0.341 e. The minimum atomic E-state index is 0.487. The summed E-state index contributed by atoms with van der Waals surface area (Å²) >= 11 is 0. The molecular formula is C13H26N4. The third-order valence-corrected chi connectivity index (χ3v) is 4.30. The number of hydrazine groups is 1. The van der Waals surface area contributed by atoms with Crippen LogP contribution in [0, 0.1) is 11.8 Å². The second-order valence-corrected chi connectivity index (χ2v) is 5.75. The van der Waals surface area contributed by atoms with Gasteiger partial charge in [0.2, 0.25) is 5.96 Å². The zero-order valence-corrected chi connectivity index (χ0v) is 11.2. The monoisotopic (exact) mass is 238 g/mol. The standard InChI is InChI=1S/C13H26N4/c1-10-8-17(9-11(10)2)13(16-14)15-12-6-4-3-5-7-12/h10-12H,3-9,14H2,1-2H3,(H,15,16). The molecule has 2 fully saturated rings. The second kappa shape index (κ2) is 5.71. The quantitative estimate of drug-likeness (QED) is 0.316. The third-order valence-electron chi connectivity index (χ3n) is 4.30. The number of nitrogens with one attached hydrogen (secondary N) is 1. The summed E-state index contributed by atoms with van der Waals surface area (Å²) < 4.78 is 0. The third kappa shape index (κ3) is 3.12. The molecule has 4 nitrogen and oxygen atoms in total. The molecule has 2 rings (SSSR count). The number of guanidine groups is 1. The maximum atomic E-state index is 5.64. The molecule has 98 valence electrons. The Kier molecular flexibility index (Phi) is 4.26. The van der Waals surface area contributed by atoms with Crippen molar-refractivity contribution < 1.29 is 0 Å². The van der Waals surface area contributed by atoms with Crippen molar-refractivity contribution in [1.82, 2.24) is 10.3 Å². The van der Waals surface area contributed by atoms with Gasteiger partial charge in [-0.25, -0.2) is 10.8 Å². The van der Waals surface area contributed by atoms with Gasteiger partial charge in [0.25, 0.3) is 0 Å². The van der Waals surface area contributed by atoms with Crippen LogP contribution in [-0.4, -0.2) is 30.0 Å². The summed E-state index contributed by atoms with van der Waals surface area (Å²) in [5.74, 6) is 8.02. The zero-order valence-electron chi connectivity index (χ0n) is 11.2. The van der Waals surface area contributed by atoms with Gasteiger partial charge >= 0.3 is 0 Å². The summed E-state index contributed by atoms with van der Waals surface area (Å²) in [6.45, 7) is 6.77. The molecule has 17 heavy (non-hydrogen) atoms. The average Bonchev–Trinajstić information content (AvgIpc) is 2.68. The number of nitrogens with zero attached hydrogens (tertiary/aromatic N) is 2. The van der Waals surface area contributed by atoms with Gasteiger partial charge in [-0.15, -0.1) is 0 Å². The highest BCUT2D eigenvalue weighted by molar-refractivity contribution is 5.79. The van der Waals surface area contributed by atoms with E-state index in [9.17, 15) is 0 Å². The Morgan fingerprint density at radius 3 is 2.24 bits per heavy atom. The molecule has 0 amide bonds. The molecule has 2 atom stereocenters. The van der Waals surface area contributed by atoms with Gasteiger partial charge in [-0.05, 0) is 24.7 Å². The van der Waals surface area contributed by atoms with Crippen LogP contribution in [0.1, 0.15) is 46.0 Å². The van der Waals surface area contributed by atoms with E-state index < -0.39 is 0 Å². The van der Waals surface area contributed by atoms with E-state index in [1.54, 1.807) is 0 Å². The maximum Gasteiger partial charge on any atom is 0.208 e. The average molecular weight is 238 g/mol. The molecule has 0 radical (unpaired) electrons. The Labute approximate surface area is 105 Å². The van der Waals surface area contributed by atoms with E-state index >= 15 is 0 Å². The lowest BCUT2D eigenvalue weighted by molar-refractivity contribution is 0.421. The number of hydrogen-bond acceptors (Lipinski definition) is 2. The summed E-state index contributed by atoms with van der Waals surface area (Å²) in [4.78, 5) is 7.12. The van der Waals surface area contributed by atoms with Crippen molar-refractivity contribution in [3.05, 3.63) is 0 Å². The summed E-state index contributed by atoms with van der Waals surface area (Å²) in [6, 6.07) is 0.487. The van der Waals surface area contributed by atoms with E-state index in [-0.39, 0.29) is 0 Å². The second-order valence-electron chi connectivity index (χ2n) is 5.75. The van der Waals surface area contributed by atoms with Gasteiger partial charge in [-0.2, -0.15) is 0 Å². The van der Waals surface area contributed by atoms with Crippen molar-refractivity contribution in [2.24, 2.45) is 22.7 Å². The fourth-order valence-corrected chi connectivity index (χ4v) is 2.90. The van der Waals surface area contributed by atoms with Crippen LogP contribution in [0.2, 0.25) is 0 Å². The Balaban J connectivity index is 1.97. The highest BCUT2D eigenvalue weighted by Crippen LogP contribution is 2.24. The molecule has 0 aromatic carbocycles. The molecule has 1 aliphatic heterocycles. The van der Waals surface area contributed by atoms with Crippen molar-refractivity contribution >= 4 is 5.96 Å². The summed E-state index contributed by atoms with van der Waals surface area (Å²) in [6.07, 6.45) is 6.46. The molecule has 1 saturated heterocycles. The predicted octanol–water partition coefficient (Wildman–Crippen LogP) is 1.73. The largest absolute Gasteiger partial charge is 0.341 e. The Morgan fingerprint density at radius 1 is 1.12 bits per heavy atom. The van der Waals surface area contributed by atoms with Crippen LogP contribution in [0.25, 0.3) is 0 Å². The highest BCUT2D eigenvalue weighted by atomic mass is 15.4. The molecule has 1 heterocycles. The SMILES string of the molecule is CC1CN(C(=NC2CCCCC2)NN)CC1C. The van der Waals surface area contributed by atoms with E-state index in [1.165, 1.54) is 32.1 Å². The Bertz CT molecular complexity index is 261. The molecule has 0 spiro atoms. The highest BCUT2D eigenvalue weighted by Gasteiger charge is 2.28. The first-order valence-corrected chi connectivity index (χ1v) is 7.00.